The Labute approximate surface area is 81.4 Å². The number of hydrogen-bond acceptors (Lipinski definition) is 2. The molecule has 0 spiro atoms. The summed E-state index contributed by atoms with van der Waals surface area (Å²) in [6, 6.07) is 0. The van der Waals surface area contributed by atoms with Gasteiger partial charge in [-0.1, -0.05) is 24.9 Å². The van der Waals surface area contributed by atoms with Crippen LogP contribution in [0.3, 0.4) is 0 Å². The van der Waals surface area contributed by atoms with Gasteiger partial charge < -0.3 is 4.84 Å². The third-order valence-electron chi connectivity index (χ3n) is 2.01. The SMILES string of the molecule is C#C.CCCCC[C@@H]1CC(C)=NO1. The summed E-state index contributed by atoms with van der Waals surface area (Å²) in [5.74, 6) is 0. The average Bonchev–Trinajstić information content (AvgIpc) is 2.56. The van der Waals surface area contributed by atoms with Crippen molar-refractivity contribution >= 4 is 5.71 Å². The van der Waals surface area contributed by atoms with Gasteiger partial charge in [-0.15, -0.1) is 12.8 Å². The lowest BCUT2D eigenvalue weighted by Gasteiger charge is -2.05. The molecule has 1 heterocycles. The maximum absolute atomic E-state index is 5.20. The maximum atomic E-state index is 5.20. The molecule has 0 saturated heterocycles. The number of oxime groups is 1. The van der Waals surface area contributed by atoms with Gasteiger partial charge >= 0.3 is 0 Å². The Morgan fingerprint density at radius 1 is 1.46 bits per heavy atom. The highest BCUT2D eigenvalue weighted by molar-refractivity contribution is 5.82. The Morgan fingerprint density at radius 3 is 2.62 bits per heavy atom. The molecular formula is C11H19NO. The van der Waals surface area contributed by atoms with E-state index in [1.165, 1.54) is 25.7 Å². The molecule has 1 aliphatic rings. The fraction of sp³-hybridized carbons (Fsp3) is 0.727. The van der Waals surface area contributed by atoms with E-state index in [9.17, 15) is 0 Å². The molecule has 74 valence electrons. The average molecular weight is 181 g/mol. The summed E-state index contributed by atoms with van der Waals surface area (Å²) in [4.78, 5) is 5.20. The quantitative estimate of drug-likeness (QED) is 0.482. The fourth-order valence-electron chi connectivity index (χ4n) is 1.35. The first-order valence-electron chi connectivity index (χ1n) is 4.85. The monoisotopic (exact) mass is 181 g/mol. The van der Waals surface area contributed by atoms with Crippen LogP contribution in [0, 0.1) is 12.8 Å². The van der Waals surface area contributed by atoms with Crippen molar-refractivity contribution in [2.45, 2.75) is 52.1 Å². The number of nitrogens with zero attached hydrogens (tertiary/aromatic N) is 1. The van der Waals surface area contributed by atoms with Gasteiger partial charge in [-0.25, -0.2) is 0 Å². The van der Waals surface area contributed by atoms with E-state index in [4.69, 9.17) is 4.84 Å². The van der Waals surface area contributed by atoms with Gasteiger partial charge in [-0.3, -0.25) is 0 Å². The zero-order valence-corrected chi connectivity index (χ0v) is 8.62. The van der Waals surface area contributed by atoms with Gasteiger partial charge in [0.1, 0.15) is 6.10 Å². The first kappa shape index (κ1) is 12.0. The van der Waals surface area contributed by atoms with Crippen LogP contribution in [0.1, 0.15) is 46.0 Å². The third kappa shape index (κ3) is 5.30. The van der Waals surface area contributed by atoms with Crippen molar-refractivity contribution in [3.63, 3.8) is 0 Å². The lowest BCUT2D eigenvalue weighted by atomic mass is 10.1. The number of unbranched alkanes of at least 4 members (excludes halogenated alkanes) is 2. The fourth-order valence-corrected chi connectivity index (χ4v) is 1.35. The first-order valence-corrected chi connectivity index (χ1v) is 4.85. The largest absolute Gasteiger partial charge is 0.392 e. The minimum Gasteiger partial charge on any atom is -0.392 e. The normalized spacial score (nSPS) is 19.7. The zero-order chi connectivity index (χ0) is 10.1. The van der Waals surface area contributed by atoms with Gasteiger partial charge in [-0.2, -0.15) is 0 Å². The molecule has 13 heavy (non-hydrogen) atoms. The molecule has 1 aliphatic heterocycles. The second-order valence-corrected chi connectivity index (χ2v) is 3.25. The molecule has 1 rings (SSSR count). The third-order valence-corrected chi connectivity index (χ3v) is 2.01. The second kappa shape index (κ2) is 7.67. The zero-order valence-electron chi connectivity index (χ0n) is 8.62. The minimum atomic E-state index is 0.390. The summed E-state index contributed by atoms with van der Waals surface area (Å²) in [5, 5.41) is 3.91. The summed E-state index contributed by atoms with van der Waals surface area (Å²) in [5.41, 5.74) is 1.14. The van der Waals surface area contributed by atoms with Crippen LogP contribution in [0.25, 0.3) is 0 Å². The molecule has 0 aliphatic carbocycles. The molecule has 1 atom stereocenters. The van der Waals surface area contributed by atoms with E-state index in [0.29, 0.717) is 6.10 Å². The van der Waals surface area contributed by atoms with Crippen LogP contribution in [-0.4, -0.2) is 11.8 Å². The molecule has 0 aromatic heterocycles. The van der Waals surface area contributed by atoms with Crippen LogP contribution in [0.5, 0.6) is 0 Å². The Bertz CT molecular complexity index is 172. The molecule has 0 amide bonds. The first-order chi connectivity index (χ1) is 6.33. The van der Waals surface area contributed by atoms with E-state index in [1.807, 2.05) is 6.92 Å². The molecule has 2 heteroatoms. The summed E-state index contributed by atoms with van der Waals surface area (Å²) in [7, 11) is 0. The molecular weight excluding hydrogens is 162 g/mol. The molecule has 0 aromatic rings. The van der Waals surface area contributed by atoms with E-state index in [2.05, 4.69) is 24.9 Å². The smallest absolute Gasteiger partial charge is 0.132 e. The lowest BCUT2D eigenvalue weighted by molar-refractivity contribution is 0.0771. The summed E-state index contributed by atoms with van der Waals surface area (Å²) in [6.45, 7) is 4.25. The minimum absolute atomic E-state index is 0.390. The van der Waals surface area contributed by atoms with Gasteiger partial charge in [0, 0.05) is 6.42 Å². The predicted octanol–water partition coefficient (Wildman–Crippen LogP) is 2.98. The lowest BCUT2D eigenvalue weighted by Crippen LogP contribution is -2.05. The highest BCUT2D eigenvalue weighted by Gasteiger charge is 2.16. The summed E-state index contributed by atoms with van der Waals surface area (Å²) in [6.07, 6.45) is 14.5. The molecule has 0 unspecified atom stereocenters. The molecule has 0 aromatic carbocycles. The molecule has 0 fully saturated rings. The van der Waals surface area contributed by atoms with Crippen molar-refractivity contribution in [3.8, 4) is 12.8 Å². The van der Waals surface area contributed by atoms with Crippen LogP contribution < -0.4 is 0 Å². The van der Waals surface area contributed by atoms with Crippen molar-refractivity contribution < 1.29 is 4.84 Å². The van der Waals surface area contributed by atoms with Gasteiger partial charge in [0.25, 0.3) is 0 Å². The van der Waals surface area contributed by atoms with E-state index >= 15 is 0 Å². The highest BCUT2D eigenvalue weighted by atomic mass is 16.6. The maximum Gasteiger partial charge on any atom is 0.132 e. The molecule has 0 saturated carbocycles. The van der Waals surface area contributed by atoms with E-state index in [0.717, 1.165) is 12.1 Å². The van der Waals surface area contributed by atoms with Gasteiger partial charge in [0.05, 0.1) is 5.71 Å². The van der Waals surface area contributed by atoms with Crippen molar-refractivity contribution in [2.24, 2.45) is 5.16 Å². The van der Waals surface area contributed by atoms with Crippen LogP contribution >= 0.6 is 0 Å². The highest BCUT2D eigenvalue weighted by Crippen LogP contribution is 2.16. The van der Waals surface area contributed by atoms with Crippen LogP contribution in [0.4, 0.5) is 0 Å². The van der Waals surface area contributed by atoms with E-state index in [1.54, 1.807) is 0 Å². The van der Waals surface area contributed by atoms with Gasteiger partial charge in [0.2, 0.25) is 0 Å². The van der Waals surface area contributed by atoms with Crippen molar-refractivity contribution in [3.05, 3.63) is 0 Å². The number of hydrogen-bond donors (Lipinski definition) is 0. The Kier molecular flexibility index (Phi) is 7.10. The van der Waals surface area contributed by atoms with Crippen molar-refractivity contribution in [1.29, 1.82) is 0 Å². The van der Waals surface area contributed by atoms with E-state index < -0.39 is 0 Å². The molecule has 0 radical (unpaired) electrons. The molecule has 0 bridgehead atoms. The van der Waals surface area contributed by atoms with E-state index in [-0.39, 0.29) is 0 Å². The summed E-state index contributed by atoms with van der Waals surface area (Å²) >= 11 is 0. The number of terminal acetylenes is 1. The van der Waals surface area contributed by atoms with Crippen molar-refractivity contribution in [1.82, 2.24) is 0 Å². The van der Waals surface area contributed by atoms with Crippen LogP contribution in [0.2, 0.25) is 0 Å². The predicted molar refractivity (Wildman–Crippen MR) is 56.6 cm³/mol. The molecule has 2 nitrogen and oxygen atoms in total. The Balaban J connectivity index is 0.000000671. The Hall–Kier alpha value is -0.970. The Morgan fingerprint density at radius 2 is 2.15 bits per heavy atom. The molecule has 0 N–H and O–H groups in total. The van der Waals surface area contributed by atoms with Crippen LogP contribution in [-0.2, 0) is 4.84 Å². The summed E-state index contributed by atoms with van der Waals surface area (Å²) < 4.78 is 0. The van der Waals surface area contributed by atoms with Crippen molar-refractivity contribution in [2.75, 3.05) is 0 Å². The van der Waals surface area contributed by atoms with Gasteiger partial charge in [-0.05, 0) is 19.8 Å². The standard InChI is InChI=1S/C9H17NO.C2H2/c1-3-4-5-6-9-7-8(2)10-11-9;1-2/h9H,3-7H2,1-2H3;1-2H/t9-;/m1./s1. The van der Waals surface area contributed by atoms with Gasteiger partial charge in [0.15, 0.2) is 0 Å². The van der Waals surface area contributed by atoms with Crippen LogP contribution in [0.15, 0.2) is 5.16 Å². The number of rotatable bonds is 4. The second-order valence-electron chi connectivity index (χ2n) is 3.25. The topological polar surface area (TPSA) is 21.6 Å².